The van der Waals surface area contributed by atoms with Crippen LogP contribution in [0.15, 0.2) is 0 Å². The first kappa shape index (κ1) is 8.06. The third-order valence-corrected chi connectivity index (χ3v) is 2.67. The molecular formula is C9H19N. The van der Waals surface area contributed by atoms with Gasteiger partial charge in [0.05, 0.1) is 0 Å². The van der Waals surface area contributed by atoms with Crippen LogP contribution in [-0.4, -0.2) is 24.5 Å². The number of fused-ring (bicyclic) bond motifs is 2. The molecular weight excluding hydrogens is 122 g/mol. The second-order valence-electron chi connectivity index (χ2n) is 3.59. The zero-order chi connectivity index (χ0) is 7.61. The highest BCUT2D eigenvalue weighted by molar-refractivity contribution is 4.92. The minimum absolute atomic E-state index is 0.736. The van der Waals surface area contributed by atoms with Gasteiger partial charge in [0.1, 0.15) is 0 Å². The maximum atomic E-state index is 2.57. The van der Waals surface area contributed by atoms with E-state index in [1.54, 1.807) is 0 Å². The second kappa shape index (κ2) is 2.91. The molecule has 1 nitrogen and oxygen atoms in total. The van der Waals surface area contributed by atoms with Gasteiger partial charge in [0.25, 0.3) is 0 Å². The van der Waals surface area contributed by atoms with Gasteiger partial charge in [-0.05, 0) is 31.3 Å². The topological polar surface area (TPSA) is 3.24 Å². The maximum absolute atomic E-state index is 2.57. The molecule has 2 aliphatic heterocycles. The third-order valence-electron chi connectivity index (χ3n) is 2.67. The van der Waals surface area contributed by atoms with Crippen molar-refractivity contribution in [2.24, 2.45) is 5.41 Å². The predicted molar refractivity (Wildman–Crippen MR) is 45.1 cm³/mol. The van der Waals surface area contributed by atoms with Crippen LogP contribution in [0.2, 0.25) is 0 Å². The van der Waals surface area contributed by atoms with Crippen LogP contribution in [0.1, 0.15) is 33.6 Å². The van der Waals surface area contributed by atoms with Gasteiger partial charge in [-0.2, -0.15) is 0 Å². The summed E-state index contributed by atoms with van der Waals surface area (Å²) in [5.74, 6) is 0. The fraction of sp³-hybridized carbons (Fsp3) is 1.00. The molecule has 0 aromatic rings. The monoisotopic (exact) mass is 141 g/mol. The van der Waals surface area contributed by atoms with Gasteiger partial charge in [0.15, 0.2) is 0 Å². The van der Waals surface area contributed by atoms with E-state index < -0.39 is 0 Å². The number of nitrogens with zero attached hydrogens (tertiary/aromatic N) is 1. The Morgan fingerprint density at radius 2 is 1.60 bits per heavy atom. The fourth-order valence-corrected chi connectivity index (χ4v) is 1.95. The van der Waals surface area contributed by atoms with E-state index in [1.165, 1.54) is 32.5 Å². The molecule has 2 fully saturated rings. The summed E-state index contributed by atoms with van der Waals surface area (Å²) in [5.41, 5.74) is 0.736. The Bertz CT molecular complexity index is 101. The number of rotatable bonds is 0. The predicted octanol–water partition coefficient (Wildman–Crippen LogP) is 2.13. The van der Waals surface area contributed by atoms with Crippen molar-refractivity contribution in [1.29, 1.82) is 0 Å². The van der Waals surface area contributed by atoms with Crippen molar-refractivity contribution in [2.75, 3.05) is 19.6 Å². The molecule has 2 saturated heterocycles. The number of hydrogen-bond acceptors (Lipinski definition) is 1. The summed E-state index contributed by atoms with van der Waals surface area (Å²) in [7, 11) is 0. The molecule has 10 heavy (non-hydrogen) atoms. The van der Waals surface area contributed by atoms with Crippen LogP contribution in [0.3, 0.4) is 0 Å². The Labute approximate surface area is 64.4 Å². The van der Waals surface area contributed by atoms with E-state index in [-0.39, 0.29) is 0 Å². The summed E-state index contributed by atoms with van der Waals surface area (Å²) < 4.78 is 0. The van der Waals surface area contributed by atoms with E-state index >= 15 is 0 Å². The lowest BCUT2D eigenvalue weighted by atomic mass is 9.87. The number of hydrogen-bond donors (Lipinski definition) is 0. The summed E-state index contributed by atoms with van der Waals surface area (Å²) >= 11 is 0. The highest BCUT2D eigenvalue weighted by Gasteiger charge is 2.39. The maximum Gasteiger partial charge on any atom is 0.00363 e. The average molecular weight is 141 g/mol. The van der Waals surface area contributed by atoms with Crippen LogP contribution in [0.25, 0.3) is 0 Å². The molecule has 0 amide bonds. The van der Waals surface area contributed by atoms with Gasteiger partial charge < -0.3 is 4.90 Å². The standard InChI is InChI=1S/C7H13N.C2H6/c1-7-2-4-8(6-7)5-3-7;1-2/h2-6H2,1H3;1-2H3. The summed E-state index contributed by atoms with van der Waals surface area (Å²) in [4.78, 5) is 2.57. The largest absolute Gasteiger partial charge is 0.303 e. The molecule has 0 atom stereocenters. The van der Waals surface area contributed by atoms with E-state index in [4.69, 9.17) is 0 Å². The van der Waals surface area contributed by atoms with E-state index in [0.29, 0.717) is 0 Å². The summed E-state index contributed by atoms with van der Waals surface area (Å²) in [5, 5.41) is 0. The molecule has 0 spiro atoms. The van der Waals surface area contributed by atoms with Crippen LogP contribution >= 0.6 is 0 Å². The van der Waals surface area contributed by atoms with Crippen molar-refractivity contribution >= 4 is 0 Å². The lowest BCUT2D eigenvalue weighted by Gasteiger charge is -2.17. The fourth-order valence-electron chi connectivity index (χ4n) is 1.95. The van der Waals surface area contributed by atoms with Crippen LogP contribution in [0.5, 0.6) is 0 Å². The summed E-state index contributed by atoms with van der Waals surface area (Å²) in [6.45, 7) is 10.5. The molecule has 0 aromatic heterocycles. The highest BCUT2D eigenvalue weighted by atomic mass is 15.2. The zero-order valence-corrected chi connectivity index (χ0v) is 7.48. The van der Waals surface area contributed by atoms with Crippen LogP contribution in [0.4, 0.5) is 0 Å². The minimum atomic E-state index is 0.736. The molecule has 0 radical (unpaired) electrons. The van der Waals surface area contributed by atoms with Gasteiger partial charge in [0, 0.05) is 6.54 Å². The molecule has 0 N–H and O–H groups in total. The van der Waals surface area contributed by atoms with E-state index in [0.717, 1.165) is 5.41 Å². The SMILES string of the molecule is CC.CC12CCN(CC1)C2. The summed E-state index contributed by atoms with van der Waals surface area (Å²) in [6, 6.07) is 0. The van der Waals surface area contributed by atoms with Gasteiger partial charge in [-0.1, -0.05) is 20.8 Å². The molecule has 2 rings (SSSR count). The van der Waals surface area contributed by atoms with Crippen LogP contribution in [0, 0.1) is 5.41 Å². The van der Waals surface area contributed by atoms with E-state index in [9.17, 15) is 0 Å². The van der Waals surface area contributed by atoms with Crippen molar-refractivity contribution in [2.45, 2.75) is 33.6 Å². The van der Waals surface area contributed by atoms with Crippen LogP contribution < -0.4 is 0 Å². The van der Waals surface area contributed by atoms with E-state index in [1.807, 2.05) is 13.8 Å². The molecule has 2 aliphatic rings. The van der Waals surface area contributed by atoms with Crippen molar-refractivity contribution in [3.8, 4) is 0 Å². The molecule has 2 heterocycles. The minimum Gasteiger partial charge on any atom is -0.303 e. The Morgan fingerprint density at radius 1 is 1.10 bits per heavy atom. The first-order valence-corrected chi connectivity index (χ1v) is 4.51. The van der Waals surface area contributed by atoms with E-state index in [2.05, 4.69) is 11.8 Å². The Kier molecular flexibility index (Phi) is 2.35. The quantitative estimate of drug-likeness (QED) is 0.499. The molecule has 60 valence electrons. The van der Waals surface area contributed by atoms with Gasteiger partial charge in [-0.15, -0.1) is 0 Å². The van der Waals surface area contributed by atoms with Crippen molar-refractivity contribution < 1.29 is 0 Å². The smallest absolute Gasteiger partial charge is 0.00363 e. The zero-order valence-electron chi connectivity index (χ0n) is 7.48. The Balaban J connectivity index is 0.000000231. The van der Waals surface area contributed by atoms with Crippen LogP contribution in [-0.2, 0) is 0 Å². The lowest BCUT2D eigenvalue weighted by molar-refractivity contribution is 0.344. The van der Waals surface area contributed by atoms with Gasteiger partial charge >= 0.3 is 0 Å². The normalized spacial score (nSPS) is 42.9. The third kappa shape index (κ3) is 1.34. The molecule has 0 saturated carbocycles. The van der Waals surface area contributed by atoms with Crippen molar-refractivity contribution in [3.63, 3.8) is 0 Å². The molecule has 2 bridgehead atoms. The molecule has 0 unspecified atom stereocenters. The molecule has 0 aliphatic carbocycles. The van der Waals surface area contributed by atoms with Crippen molar-refractivity contribution in [3.05, 3.63) is 0 Å². The first-order chi connectivity index (χ1) is 4.79. The Hall–Kier alpha value is -0.0400. The first-order valence-electron chi connectivity index (χ1n) is 4.51. The Morgan fingerprint density at radius 3 is 1.70 bits per heavy atom. The van der Waals surface area contributed by atoms with Gasteiger partial charge in [0.2, 0.25) is 0 Å². The van der Waals surface area contributed by atoms with Gasteiger partial charge in [-0.25, -0.2) is 0 Å². The average Bonchev–Trinajstić information content (AvgIpc) is 2.49. The number of piperidine rings is 1. The van der Waals surface area contributed by atoms with Crippen molar-refractivity contribution in [1.82, 2.24) is 4.90 Å². The molecule has 0 aromatic carbocycles. The lowest BCUT2D eigenvalue weighted by Crippen LogP contribution is -2.16. The van der Waals surface area contributed by atoms with Gasteiger partial charge in [-0.3, -0.25) is 0 Å². The highest BCUT2D eigenvalue weighted by Crippen LogP contribution is 2.39. The molecule has 1 heteroatoms. The second-order valence-corrected chi connectivity index (χ2v) is 3.59. The summed E-state index contributed by atoms with van der Waals surface area (Å²) in [6.07, 6.45) is 2.90.